The molecule has 0 amide bonds. The number of azide groups is 1. The number of aliphatic hydroxyl groups is 3. The number of carbonyl (C=O) groups excluding carboxylic acids is 1. The molecule has 0 aromatic heterocycles. The van der Waals surface area contributed by atoms with Crippen molar-refractivity contribution in [2.24, 2.45) is 11.0 Å². The van der Waals surface area contributed by atoms with Gasteiger partial charge in [-0.1, -0.05) is 39.7 Å². The van der Waals surface area contributed by atoms with Crippen molar-refractivity contribution in [3.63, 3.8) is 0 Å². The summed E-state index contributed by atoms with van der Waals surface area (Å²) in [6.07, 6.45) is 1.94. The lowest BCUT2D eigenvalue weighted by atomic mass is 9.87. The third-order valence-electron chi connectivity index (χ3n) is 21.8. The minimum absolute atomic E-state index is 0.0980. The van der Waals surface area contributed by atoms with E-state index < -0.39 is 12.2 Å². The minimum atomic E-state index is -0.995. The smallest absolute Gasteiger partial charge is 0.231 e. The average Bonchev–Trinajstić information content (AvgIpc) is 1.72. The second kappa shape index (κ2) is 46.5. The summed E-state index contributed by atoms with van der Waals surface area (Å²) >= 11 is 6.59. The van der Waals surface area contributed by atoms with Crippen LogP contribution in [-0.2, 0) is 4.74 Å². The van der Waals surface area contributed by atoms with Gasteiger partial charge >= 0.3 is 0 Å². The molecule has 6 atom stereocenters. The van der Waals surface area contributed by atoms with E-state index in [1.54, 1.807) is 81.1 Å². The number of epoxide rings is 1. The lowest BCUT2D eigenvalue weighted by Gasteiger charge is -2.32. The lowest BCUT2D eigenvalue weighted by molar-refractivity contribution is 0.0918. The van der Waals surface area contributed by atoms with Crippen LogP contribution in [-0.4, -0.2) is 165 Å². The Kier molecular flexibility index (Phi) is 36.5. The fourth-order valence-electron chi connectivity index (χ4n) is 15.1. The minimum Gasteiger partial charge on any atom is -0.503 e. The molecule has 33 nitrogen and oxygen atoms in total. The van der Waals surface area contributed by atoms with Gasteiger partial charge < -0.3 is 140 Å². The van der Waals surface area contributed by atoms with E-state index in [0.29, 0.717) is 92.0 Å². The van der Waals surface area contributed by atoms with Gasteiger partial charge in [-0.25, -0.2) is 0 Å². The highest BCUT2D eigenvalue weighted by molar-refractivity contribution is 9.11. The van der Waals surface area contributed by atoms with E-state index >= 15 is 0 Å². The van der Waals surface area contributed by atoms with Crippen LogP contribution in [0.5, 0.6) is 132 Å². The van der Waals surface area contributed by atoms with Crippen molar-refractivity contribution < 1.29 is 134 Å². The van der Waals surface area contributed by atoms with Crippen LogP contribution in [0.3, 0.4) is 0 Å². The first-order valence-corrected chi connectivity index (χ1v) is 42.5. The maximum absolute atomic E-state index is 10.6. The number of hydrogen-bond acceptors (Lipinski definition) is 31. The first-order chi connectivity index (χ1) is 61.1. The van der Waals surface area contributed by atoms with Gasteiger partial charge in [-0.05, 0) is 173 Å². The van der Waals surface area contributed by atoms with Crippen molar-refractivity contribution in [3.05, 3.63) is 151 Å². The highest BCUT2D eigenvalue weighted by Gasteiger charge is 2.39. The second-order valence-electron chi connectivity index (χ2n) is 29.7. The molecular weight excluding hydrogens is 1780 g/mol. The molecule has 0 saturated carbocycles. The molecule has 8 heterocycles. The van der Waals surface area contributed by atoms with Crippen molar-refractivity contribution in [1.29, 1.82) is 0 Å². The zero-order valence-electron chi connectivity index (χ0n) is 76.1. The maximum Gasteiger partial charge on any atom is 0.231 e. The van der Waals surface area contributed by atoms with Gasteiger partial charge in [-0.3, -0.25) is 4.79 Å². The van der Waals surface area contributed by atoms with Crippen molar-refractivity contribution in [2.45, 2.75) is 146 Å². The molecule has 4 unspecified atom stereocenters. The van der Waals surface area contributed by atoms with Crippen molar-refractivity contribution in [2.75, 3.05) is 138 Å². The highest BCUT2D eigenvalue weighted by atomic mass is 79.9. The molecule has 0 radical (unpaired) electrons. The van der Waals surface area contributed by atoms with Crippen LogP contribution in [0.1, 0.15) is 179 Å². The average molecular weight is 1900 g/mol. The predicted octanol–water partition coefficient (Wildman–Crippen LogP) is 18.1. The largest absolute Gasteiger partial charge is 0.503 e. The van der Waals surface area contributed by atoms with E-state index in [-0.39, 0.29) is 77.3 Å². The van der Waals surface area contributed by atoms with Gasteiger partial charge in [0, 0.05) is 101 Å². The lowest BCUT2D eigenvalue weighted by Crippen LogP contribution is -2.33. The number of phenolic OH excluding ortho intramolecular Hbond substituents is 1. The molecule has 6 N–H and O–H groups in total. The van der Waals surface area contributed by atoms with E-state index in [0.717, 1.165) is 178 Å². The van der Waals surface area contributed by atoms with Gasteiger partial charge in [0.2, 0.25) is 40.8 Å². The fourth-order valence-corrected chi connectivity index (χ4v) is 16.0. The molecule has 0 spiro atoms. The summed E-state index contributed by atoms with van der Waals surface area (Å²) in [5.41, 5.74) is 21.6. The Bertz CT molecular complexity index is 5180. The Hall–Kier alpha value is -11.1. The third kappa shape index (κ3) is 22.3. The number of fused-ring (bicyclic) bond motifs is 8. The Labute approximate surface area is 757 Å². The van der Waals surface area contributed by atoms with E-state index in [4.69, 9.17) is 120 Å². The van der Waals surface area contributed by atoms with Gasteiger partial charge in [0.15, 0.2) is 86.8 Å². The molecule has 16 rings (SSSR count). The number of ether oxygens (including phenoxy) is 23. The van der Waals surface area contributed by atoms with E-state index in [1.165, 1.54) is 14.2 Å². The molecule has 0 aliphatic carbocycles. The summed E-state index contributed by atoms with van der Waals surface area (Å²) in [4.78, 5) is 13.5. The summed E-state index contributed by atoms with van der Waals surface area (Å²) in [5.74, 6) is 16.4. The van der Waals surface area contributed by atoms with E-state index in [2.05, 4.69) is 86.3 Å². The summed E-state index contributed by atoms with van der Waals surface area (Å²) in [5, 5.41) is 49.2. The highest BCUT2D eigenvalue weighted by Crippen LogP contribution is 2.55. The van der Waals surface area contributed by atoms with Crippen molar-refractivity contribution >= 4 is 38.1 Å². The van der Waals surface area contributed by atoms with Crippen LogP contribution in [0.2, 0.25) is 0 Å². The number of benzene rings is 8. The second-order valence-corrected chi connectivity index (χ2v) is 31.4. The Morgan fingerprint density at radius 1 is 0.496 bits per heavy atom. The number of phenols is 1. The number of hydrogen-bond donors (Lipinski definition) is 6. The third-order valence-corrected chi connectivity index (χ3v) is 23.0. The van der Waals surface area contributed by atoms with Crippen LogP contribution in [0, 0.1) is 61.3 Å². The fraction of sp³-hybridized carbons (Fsp3) is 0.467. The summed E-state index contributed by atoms with van der Waals surface area (Å²) < 4.78 is 124. The zero-order valence-corrected chi connectivity index (χ0v) is 79.3. The molecule has 0 bridgehead atoms. The summed E-state index contributed by atoms with van der Waals surface area (Å²) in [6.45, 7) is 29.2. The topological polar surface area (TPSA) is 386 Å². The first kappa shape index (κ1) is 99.6. The number of carbonyl (C=O) groups is 1. The summed E-state index contributed by atoms with van der Waals surface area (Å²) in [7, 11) is 16.0. The number of β-amino-alcohol motifs (C(OH)–C–C–N with tert-alkyl or cyclic N) is 1. The SMILES string of the molecule is CCC(N=[N+]=[N-])c1cc(OC)c(C)c2c1OCO2.CC[C@@H]1NCC(O)c2c(OC)c(C)c3c(c21)OCO3.CC[C@H](NCC(C)C)c1cc(OC)c(C)c2c1OCO2.COc1cc(Br)c(O)c(OC)c1C.COc1cc(Br)c2c(c1C)OCO2.COc1cc(C(O)CO)c2c(c1C)OCO2.COc1cc(C2CO2)c2c(c1C)OCO2.COc1ccc(C=O)c(OC)c1C. The summed E-state index contributed by atoms with van der Waals surface area (Å²) in [6, 6.07) is 14.7. The number of aliphatic hydroxyl groups excluding tert-OH is 3. The zero-order chi connectivity index (χ0) is 92.8. The number of aromatic hydroxyl groups is 1. The molecule has 1 fully saturated rings. The van der Waals surface area contributed by atoms with Gasteiger partial charge in [-0.2, -0.15) is 0 Å². The molecule has 8 aromatic rings. The molecule has 127 heavy (non-hydrogen) atoms. The van der Waals surface area contributed by atoms with Gasteiger partial charge in [0.1, 0.15) is 64.0 Å². The van der Waals surface area contributed by atoms with Crippen molar-refractivity contribution in [1.82, 2.24) is 10.6 Å². The maximum atomic E-state index is 10.6. The Balaban J connectivity index is 0.000000165. The molecule has 8 aliphatic heterocycles. The van der Waals surface area contributed by atoms with Gasteiger partial charge in [-0.15, -0.1) is 0 Å². The molecular formula is C92H117Br2N5O28. The predicted molar refractivity (Wildman–Crippen MR) is 479 cm³/mol. The number of methoxy groups -OCH3 is 10. The van der Waals surface area contributed by atoms with Crippen LogP contribution in [0.25, 0.3) is 10.4 Å². The van der Waals surface area contributed by atoms with Crippen LogP contribution in [0.4, 0.5) is 0 Å². The normalized spacial score (nSPS) is 15.7. The monoisotopic (exact) mass is 1900 g/mol. The Morgan fingerprint density at radius 2 is 0.898 bits per heavy atom. The van der Waals surface area contributed by atoms with Gasteiger partial charge in [0.25, 0.3) is 0 Å². The molecule has 692 valence electrons. The molecule has 8 aliphatic rings. The first-order valence-electron chi connectivity index (χ1n) is 41.0. The Morgan fingerprint density at radius 3 is 1.35 bits per heavy atom. The number of nitrogens with one attached hydrogen (secondary N) is 2. The van der Waals surface area contributed by atoms with E-state index in [9.17, 15) is 20.1 Å². The van der Waals surface area contributed by atoms with E-state index in [1.807, 2.05) is 80.5 Å². The standard InChI is InChI=1S/C16H25NO3.C14H19NO4.C12H15N3O3.C11H14O5.C11H12O4.C10H12O3.C9H9BrO3.C9H11BrO3/c1-6-13(17-8-10(2)3)12-7-14(18-5)11(4)15-16(12)20-9-19-15;1-4-8-10-11(9(16)5-15-8)12(17-3)7(2)13-14(10)19-6-18-13;1-4-9(14-15-13)8-5-10(16-3)7(2)11-12(8)18-6-17-11;1-6-9(14-2)3-7(8(13)4-12)11-10(6)15-5-16-11;1-6-8(12-2)3-7(9-4-13-9)11-10(6)14-5-15-11;1-7-9(12-2)5-4-8(6-11)10(7)13-3;1-5-7(11-2)3-6(10)9-8(5)12-4-13-9;1-5-7(12-2)4-6(10)8(11)9(5)13-3/h7,10,13,17H,6,8-9H2,1-5H3;8-9,15-16H,4-6H2,1-3H3;5,9H,4,6H2,1-3H3;3,8,12-13H,4-5H2,1-2H3;3,9H,4-5H2,1-2H3;4-6H,1-3H3;3H,4H2,1-2H3;4,11H,1-3H3/t13-;8-,9?;;;;;;/m00....../s1. The van der Waals surface area contributed by atoms with Crippen LogP contribution in [0.15, 0.2) is 62.6 Å². The number of rotatable bonds is 23. The number of nitrogens with zero attached hydrogens (tertiary/aromatic N) is 3. The molecule has 35 heteroatoms. The quantitative estimate of drug-likeness (QED) is 0.0114. The van der Waals surface area contributed by atoms with Gasteiger partial charge in [0.05, 0.1) is 111 Å². The number of halogens is 2. The number of aldehydes is 1. The van der Waals surface area contributed by atoms with Crippen molar-refractivity contribution in [3.8, 4) is 132 Å². The van der Waals surface area contributed by atoms with Crippen LogP contribution < -0.4 is 115 Å². The molecule has 8 aromatic carbocycles. The molecule has 1 saturated heterocycles. The van der Waals surface area contributed by atoms with Crippen LogP contribution >= 0.6 is 31.9 Å².